The molecular weight excluding hydrogens is 202 g/mol. The minimum atomic E-state index is -0.742. The summed E-state index contributed by atoms with van der Waals surface area (Å²) < 4.78 is 0. The zero-order valence-electron chi connectivity index (χ0n) is 9.47. The third kappa shape index (κ3) is 2.64. The number of hydrogen-bond acceptors (Lipinski definition) is 4. The molecule has 2 aliphatic rings. The molecule has 1 unspecified atom stereocenters. The Hall–Kier alpha value is -1.29. The fourth-order valence-corrected chi connectivity index (χ4v) is 2.09. The fraction of sp³-hybridized carbons (Fsp3) is 0.583. The van der Waals surface area contributed by atoms with E-state index in [2.05, 4.69) is 9.89 Å². The van der Waals surface area contributed by atoms with E-state index in [-0.39, 0.29) is 5.84 Å². The second kappa shape index (κ2) is 5.16. The highest BCUT2D eigenvalue weighted by molar-refractivity contribution is 5.89. The predicted octanol–water partition coefficient (Wildman–Crippen LogP) is 0.992. The van der Waals surface area contributed by atoms with Crippen LogP contribution in [0.15, 0.2) is 29.0 Å². The molecule has 1 atom stereocenters. The second-order valence-electron chi connectivity index (χ2n) is 4.35. The van der Waals surface area contributed by atoms with Crippen LogP contribution in [-0.2, 0) is 0 Å². The standard InChI is InChI=1S/C12H19N3O/c13-12-11(16)10(5-6-14-12)9-15-7-3-1-2-4-8-15/h5-6,9,11,16H,1-4,7-8H2,(H2,13,14). The van der Waals surface area contributed by atoms with Crippen LogP contribution in [0.1, 0.15) is 25.7 Å². The van der Waals surface area contributed by atoms with Crippen LogP contribution in [0.25, 0.3) is 0 Å². The maximum atomic E-state index is 9.84. The van der Waals surface area contributed by atoms with E-state index in [4.69, 9.17) is 5.73 Å². The summed E-state index contributed by atoms with van der Waals surface area (Å²) in [6.45, 7) is 2.14. The van der Waals surface area contributed by atoms with Gasteiger partial charge in [0.25, 0.3) is 0 Å². The first-order chi connectivity index (χ1) is 7.77. The van der Waals surface area contributed by atoms with E-state index in [1.807, 2.05) is 12.3 Å². The van der Waals surface area contributed by atoms with Gasteiger partial charge in [0, 0.05) is 31.1 Å². The van der Waals surface area contributed by atoms with Gasteiger partial charge in [-0.3, -0.25) is 0 Å². The van der Waals surface area contributed by atoms with Gasteiger partial charge in [0.1, 0.15) is 11.9 Å². The van der Waals surface area contributed by atoms with Gasteiger partial charge in [-0.2, -0.15) is 0 Å². The Morgan fingerprint density at radius 1 is 1.31 bits per heavy atom. The summed E-state index contributed by atoms with van der Waals surface area (Å²) in [5.74, 6) is 0.281. The lowest BCUT2D eigenvalue weighted by Crippen LogP contribution is -2.32. The molecule has 4 heteroatoms. The molecule has 0 saturated carbocycles. The highest BCUT2D eigenvalue weighted by atomic mass is 16.3. The van der Waals surface area contributed by atoms with Gasteiger partial charge in [-0.05, 0) is 18.9 Å². The first-order valence-electron chi connectivity index (χ1n) is 5.91. The van der Waals surface area contributed by atoms with Gasteiger partial charge in [-0.25, -0.2) is 4.99 Å². The van der Waals surface area contributed by atoms with Crippen molar-refractivity contribution in [1.82, 2.24) is 4.90 Å². The van der Waals surface area contributed by atoms with E-state index in [0.29, 0.717) is 0 Å². The molecule has 1 saturated heterocycles. The van der Waals surface area contributed by atoms with Crippen molar-refractivity contribution >= 4 is 5.84 Å². The average molecular weight is 221 g/mol. The third-order valence-corrected chi connectivity index (χ3v) is 3.06. The highest BCUT2D eigenvalue weighted by Crippen LogP contribution is 2.15. The smallest absolute Gasteiger partial charge is 0.137 e. The van der Waals surface area contributed by atoms with Crippen molar-refractivity contribution in [3.8, 4) is 0 Å². The number of amidine groups is 1. The predicted molar refractivity (Wildman–Crippen MR) is 64.9 cm³/mol. The number of aliphatic imine (C=N–C) groups is 1. The Morgan fingerprint density at radius 2 is 2.00 bits per heavy atom. The lowest BCUT2D eigenvalue weighted by molar-refractivity contribution is 0.272. The van der Waals surface area contributed by atoms with Crippen molar-refractivity contribution in [3.05, 3.63) is 24.0 Å². The topological polar surface area (TPSA) is 61.8 Å². The number of rotatable bonds is 1. The van der Waals surface area contributed by atoms with Crippen molar-refractivity contribution in [1.29, 1.82) is 0 Å². The molecule has 2 rings (SSSR count). The molecule has 1 fully saturated rings. The summed E-state index contributed by atoms with van der Waals surface area (Å²) >= 11 is 0. The van der Waals surface area contributed by atoms with Gasteiger partial charge in [0.2, 0.25) is 0 Å². The first kappa shape index (κ1) is 11.2. The van der Waals surface area contributed by atoms with Gasteiger partial charge >= 0.3 is 0 Å². The molecule has 0 aromatic carbocycles. The van der Waals surface area contributed by atoms with Crippen LogP contribution < -0.4 is 5.73 Å². The summed E-state index contributed by atoms with van der Waals surface area (Å²) in [6.07, 6.45) is 9.82. The zero-order valence-corrected chi connectivity index (χ0v) is 9.47. The van der Waals surface area contributed by atoms with E-state index < -0.39 is 6.10 Å². The van der Waals surface area contributed by atoms with E-state index in [1.165, 1.54) is 25.7 Å². The highest BCUT2D eigenvalue weighted by Gasteiger charge is 2.17. The van der Waals surface area contributed by atoms with Crippen molar-refractivity contribution in [2.75, 3.05) is 13.1 Å². The molecule has 3 N–H and O–H groups in total. The third-order valence-electron chi connectivity index (χ3n) is 3.06. The Morgan fingerprint density at radius 3 is 2.69 bits per heavy atom. The molecule has 2 heterocycles. The molecule has 0 aromatic rings. The van der Waals surface area contributed by atoms with E-state index in [0.717, 1.165) is 18.7 Å². The summed E-state index contributed by atoms with van der Waals surface area (Å²) in [5, 5.41) is 9.84. The fourth-order valence-electron chi connectivity index (χ4n) is 2.09. The van der Waals surface area contributed by atoms with Crippen LogP contribution in [0, 0.1) is 0 Å². The van der Waals surface area contributed by atoms with Crippen LogP contribution >= 0.6 is 0 Å². The number of likely N-dealkylation sites (tertiary alicyclic amines) is 1. The van der Waals surface area contributed by atoms with E-state index >= 15 is 0 Å². The molecule has 4 nitrogen and oxygen atoms in total. The summed E-state index contributed by atoms with van der Waals surface area (Å²) in [5.41, 5.74) is 6.44. The Kier molecular flexibility index (Phi) is 3.62. The number of aliphatic hydroxyl groups is 1. The lowest BCUT2D eigenvalue weighted by Gasteiger charge is -2.22. The van der Waals surface area contributed by atoms with Gasteiger partial charge in [-0.15, -0.1) is 0 Å². The molecule has 2 aliphatic heterocycles. The molecule has 16 heavy (non-hydrogen) atoms. The van der Waals surface area contributed by atoms with Crippen LogP contribution in [-0.4, -0.2) is 35.0 Å². The molecule has 0 aliphatic carbocycles. The molecule has 0 bridgehead atoms. The Bertz CT molecular complexity index is 325. The molecule has 0 amide bonds. The largest absolute Gasteiger partial charge is 0.385 e. The van der Waals surface area contributed by atoms with E-state index in [9.17, 15) is 5.11 Å². The van der Waals surface area contributed by atoms with Gasteiger partial charge < -0.3 is 15.7 Å². The SMILES string of the molecule is NC1=NC=CC(=CN2CCCCCC2)C1O. The van der Waals surface area contributed by atoms with Crippen LogP contribution in [0.4, 0.5) is 0 Å². The molecule has 0 aromatic heterocycles. The first-order valence-corrected chi connectivity index (χ1v) is 5.91. The second-order valence-corrected chi connectivity index (χ2v) is 4.35. The summed E-state index contributed by atoms with van der Waals surface area (Å²) in [7, 11) is 0. The maximum Gasteiger partial charge on any atom is 0.137 e. The van der Waals surface area contributed by atoms with Crippen molar-refractivity contribution in [2.24, 2.45) is 10.7 Å². The molecule has 0 radical (unpaired) electrons. The van der Waals surface area contributed by atoms with Crippen molar-refractivity contribution < 1.29 is 5.11 Å². The minimum absolute atomic E-state index is 0.281. The van der Waals surface area contributed by atoms with Crippen molar-refractivity contribution in [3.63, 3.8) is 0 Å². The number of hydrogen-bond donors (Lipinski definition) is 2. The van der Waals surface area contributed by atoms with Gasteiger partial charge in [0.05, 0.1) is 0 Å². The van der Waals surface area contributed by atoms with E-state index in [1.54, 1.807) is 6.20 Å². The molecular formula is C12H19N3O. The normalized spacial score (nSPS) is 29.1. The Balaban J connectivity index is 2.05. The van der Waals surface area contributed by atoms with Crippen LogP contribution in [0.3, 0.4) is 0 Å². The molecule has 0 spiro atoms. The summed E-state index contributed by atoms with van der Waals surface area (Å²) in [6, 6.07) is 0. The van der Waals surface area contributed by atoms with Crippen LogP contribution in [0.2, 0.25) is 0 Å². The Labute approximate surface area is 96.2 Å². The number of aliphatic hydroxyl groups excluding tert-OH is 1. The average Bonchev–Trinajstić information content (AvgIpc) is 2.53. The molecule has 88 valence electrons. The summed E-state index contributed by atoms with van der Waals surface area (Å²) in [4.78, 5) is 6.15. The number of nitrogens with two attached hydrogens (primary N) is 1. The lowest BCUT2D eigenvalue weighted by atomic mass is 10.1. The van der Waals surface area contributed by atoms with Crippen molar-refractivity contribution in [2.45, 2.75) is 31.8 Å². The minimum Gasteiger partial charge on any atom is -0.385 e. The maximum absolute atomic E-state index is 9.84. The quantitative estimate of drug-likeness (QED) is 0.694. The zero-order chi connectivity index (χ0) is 11.4. The van der Waals surface area contributed by atoms with Crippen LogP contribution in [0.5, 0.6) is 0 Å². The monoisotopic (exact) mass is 221 g/mol. The van der Waals surface area contributed by atoms with Gasteiger partial charge in [0.15, 0.2) is 0 Å². The van der Waals surface area contributed by atoms with Gasteiger partial charge in [-0.1, -0.05) is 12.8 Å². The number of nitrogens with zero attached hydrogens (tertiary/aromatic N) is 2.